The van der Waals surface area contributed by atoms with Crippen molar-refractivity contribution in [2.75, 3.05) is 32.7 Å². The summed E-state index contributed by atoms with van der Waals surface area (Å²) in [7, 11) is 3.19. The van der Waals surface area contributed by atoms with Gasteiger partial charge in [0.2, 0.25) is 11.8 Å². The van der Waals surface area contributed by atoms with Crippen molar-refractivity contribution in [3.8, 4) is 5.75 Å². The van der Waals surface area contributed by atoms with Gasteiger partial charge in [-0.2, -0.15) is 0 Å². The number of rotatable bonds is 9. The summed E-state index contributed by atoms with van der Waals surface area (Å²) >= 11 is 1.34. The molecule has 1 atom stereocenters. The molecule has 7 nitrogen and oxygen atoms in total. The first-order valence-electron chi connectivity index (χ1n) is 10.5. The van der Waals surface area contributed by atoms with Crippen LogP contribution in [0.4, 0.5) is 11.4 Å². The summed E-state index contributed by atoms with van der Waals surface area (Å²) in [4.78, 5) is 32.4. The number of aryl methyl sites for hydroxylation is 2. The molecular weight excluding hydrogens is 426 g/mol. The van der Waals surface area contributed by atoms with Gasteiger partial charge in [-0.05, 0) is 43.5 Å². The predicted octanol–water partition coefficient (Wildman–Crippen LogP) is 4.31. The molecule has 1 fully saturated rings. The minimum absolute atomic E-state index is 0.0497. The maximum atomic E-state index is 13.2. The second-order valence-corrected chi connectivity index (χ2v) is 8.70. The van der Waals surface area contributed by atoms with Crippen molar-refractivity contribution in [2.24, 2.45) is 4.99 Å². The third kappa shape index (κ3) is 5.69. The fourth-order valence-electron chi connectivity index (χ4n) is 3.49. The van der Waals surface area contributed by atoms with E-state index >= 15 is 0 Å². The molecule has 1 unspecified atom stereocenters. The number of carbonyl (C=O) groups excluding carboxylic acids is 2. The molecule has 3 rings (SSSR count). The van der Waals surface area contributed by atoms with E-state index in [9.17, 15) is 9.59 Å². The largest absolute Gasteiger partial charge is 0.495 e. The molecule has 0 radical (unpaired) electrons. The molecule has 170 valence electrons. The average Bonchev–Trinajstić information content (AvgIpc) is 3.05. The predicted molar refractivity (Wildman–Crippen MR) is 129 cm³/mol. The van der Waals surface area contributed by atoms with Crippen molar-refractivity contribution >= 4 is 40.1 Å². The highest BCUT2D eigenvalue weighted by Gasteiger charge is 2.39. The summed E-state index contributed by atoms with van der Waals surface area (Å²) in [5.74, 6) is 0.224. The molecule has 0 aromatic heterocycles. The molecular formula is C24H29N3O4S. The lowest BCUT2D eigenvalue weighted by Crippen LogP contribution is -2.34. The smallest absolute Gasteiger partial charge is 0.242 e. The van der Waals surface area contributed by atoms with Gasteiger partial charge in [0.1, 0.15) is 11.0 Å². The first-order chi connectivity index (χ1) is 15.4. The molecule has 1 aliphatic heterocycles. The lowest BCUT2D eigenvalue weighted by molar-refractivity contribution is -0.128. The van der Waals surface area contributed by atoms with Gasteiger partial charge in [-0.25, -0.2) is 4.99 Å². The standard InChI is InChI=1S/C24H29N3O4S/c1-16-9-7-10-17(2)22(16)26-24-27(13-8-14-30-3)23(29)20(32-24)15-21(28)25-18-11-5-6-12-19(18)31-4/h5-7,9-12,20H,8,13-15H2,1-4H3,(H,25,28). The first-order valence-corrected chi connectivity index (χ1v) is 11.4. The van der Waals surface area contributed by atoms with Gasteiger partial charge in [0.25, 0.3) is 0 Å². The Balaban J connectivity index is 1.79. The Labute approximate surface area is 193 Å². The number of benzene rings is 2. The number of aliphatic imine (C=N–C) groups is 1. The van der Waals surface area contributed by atoms with E-state index < -0.39 is 5.25 Å². The van der Waals surface area contributed by atoms with E-state index in [1.807, 2.05) is 44.2 Å². The first kappa shape index (κ1) is 23.8. The SMILES string of the molecule is COCCCN1C(=O)C(CC(=O)Nc2ccccc2OC)SC1=Nc1c(C)cccc1C. The molecule has 1 aliphatic rings. The molecule has 0 saturated carbocycles. The van der Waals surface area contributed by atoms with Crippen molar-refractivity contribution in [1.29, 1.82) is 0 Å². The second-order valence-electron chi connectivity index (χ2n) is 7.53. The number of carbonyl (C=O) groups is 2. The highest BCUT2D eigenvalue weighted by atomic mass is 32.2. The quantitative estimate of drug-likeness (QED) is 0.570. The van der Waals surface area contributed by atoms with E-state index in [4.69, 9.17) is 14.5 Å². The molecule has 0 aliphatic carbocycles. The zero-order chi connectivity index (χ0) is 23.1. The molecule has 0 spiro atoms. The molecule has 2 amide bonds. The molecule has 2 aromatic rings. The van der Waals surface area contributed by atoms with Gasteiger partial charge in [-0.15, -0.1) is 0 Å². The van der Waals surface area contributed by atoms with E-state index in [0.29, 0.717) is 36.2 Å². The lowest BCUT2D eigenvalue weighted by Gasteiger charge is -2.17. The summed E-state index contributed by atoms with van der Waals surface area (Å²) in [6, 6.07) is 13.2. The van der Waals surface area contributed by atoms with Crippen LogP contribution in [0.2, 0.25) is 0 Å². The fraction of sp³-hybridized carbons (Fsp3) is 0.375. The van der Waals surface area contributed by atoms with E-state index in [0.717, 1.165) is 16.8 Å². The summed E-state index contributed by atoms with van der Waals surface area (Å²) in [5, 5.41) is 2.94. The molecule has 2 aromatic carbocycles. The van der Waals surface area contributed by atoms with Gasteiger partial charge >= 0.3 is 0 Å². The van der Waals surface area contributed by atoms with Crippen LogP contribution in [0.5, 0.6) is 5.75 Å². The van der Waals surface area contributed by atoms with Crippen LogP contribution in [-0.2, 0) is 14.3 Å². The number of amides is 2. The summed E-state index contributed by atoms with van der Waals surface area (Å²) < 4.78 is 10.4. The van der Waals surface area contributed by atoms with Crippen molar-refractivity contribution in [3.63, 3.8) is 0 Å². The van der Waals surface area contributed by atoms with Gasteiger partial charge in [0, 0.05) is 26.7 Å². The zero-order valence-electron chi connectivity index (χ0n) is 18.9. The molecule has 1 saturated heterocycles. The fourth-order valence-corrected chi connectivity index (χ4v) is 4.66. The summed E-state index contributed by atoms with van der Waals surface area (Å²) in [6.07, 6.45) is 0.739. The van der Waals surface area contributed by atoms with Gasteiger partial charge in [0.15, 0.2) is 5.17 Å². The van der Waals surface area contributed by atoms with Crippen LogP contribution < -0.4 is 10.1 Å². The van der Waals surface area contributed by atoms with Crippen LogP contribution in [0.3, 0.4) is 0 Å². The minimum atomic E-state index is -0.532. The highest BCUT2D eigenvalue weighted by Crippen LogP contribution is 2.34. The van der Waals surface area contributed by atoms with E-state index in [1.54, 1.807) is 31.3 Å². The zero-order valence-corrected chi connectivity index (χ0v) is 19.7. The lowest BCUT2D eigenvalue weighted by atomic mass is 10.1. The van der Waals surface area contributed by atoms with Crippen LogP contribution in [0.25, 0.3) is 0 Å². The third-order valence-corrected chi connectivity index (χ3v) is 6.32. The number of hydrogen-bond acceptors (Lipinski definition) is 6. The van der Waals surface area contributed by atoms with Gasteiger partial charge in [0.05, 0.1) is 18.5 Å². The Bertz CT molecular complexity index is 988. The van der Waals surface area contributed by atoms with Crippen molar-refractivity contribution in [2.45, 2.75) is 31.9 Å². The Morgan fingerprint density at radius 1 is 1.12 bits per heavy atom. The van der Waals surface area contributed by atoms with Crippen LogP contribution in [-0.4, -0.2) is 54.5 Å². The number of nitrogens with zero attached hydrogens (tertiary/aromatic N) is 2. The monoisotopic (exact) mass is 455 g/mol. The van der Waals surface area contributed by atoms with Crippen molar-refractivity contribution in [1.82, 2.24) is 4.90 Å². The number of nitrogens with one attached hydrogen (secondary N) is 1. The van der Waals surface area contributed by atoms with E-state index in [2.05, 4.69) is 5.32 Å². The molecule has 1 N–H and O–H groups in total. The Kier molecular flexibility index (Phi) is 8.30. The van der Waals surface area contributed by atoms with E-state index in [1.165, 1.54) is 11.8 Å². The number of hydrogen-bond donors (Lipinski definition) is 1. The Hall–Kier alpha value is -2.84. The van der Waals surface area contributed by atoms with Crippen molar-refractivity contribution in [3.05, 3.63) is 53.6 Å². The Morgan fingerprint density at radius 2 is 1.84 bits per heavy atom. The highest BCUT2D eigenvalue weighted by molar-refractivity contribution is 8.15. The number of methoxy groups -OCH3 is 2. The van der Waals surface area contributed by atoms with Gasteiger partial charge < -0.3 is 14.8 Å². The molecule has 1 heterocycles. The summed E-state index contributed by atoms with van der Waals surface area (Å²) in [6.45, 7) is 5.04. The van der Waals surface area contributed by atoms with Gasteiger partial charge in [-0.1, -0.05) is 42.1 Å². The molecule has 0 bridgehead atoms. The van der Waals surface area contributed by atoms with Gasteiger partial charge in [-0.3, -0.25) is 14.5 Å². The maximum absolute atomic E-state index is 13.2. The third-order valence-electron chi connectivity index (χ3n) is 5.15. The Morgan fingerprint density at radius 3 is 2.53 bits per heavy atom. The topological polar surface area (TPSA) is 80.2 Å². The van der Waals surface area contributed by atoms with Crippen LogP contribution in [0.15, 0.2) is 47.5 Å². The number of ether oxygens (including phenoxy) is 2. The number of amidine groups is 1. The second kappa shape index (κ2) is 11.2. The van der Waals surface area contributed by atoms with Crippen LogP contribution >= 0.6 is 11.8 Å². The molecule has 32 heavy (non-hydrogen) atoms. The minimum Gasteiger partial charge on any atom is -0.495 e. The molecule has 8 heteroatoms. The number of anilines is 1. The summed E-state index contributed by atoms with van der Waals surface area (Å²) in [5.41, 5.74) is 3.52. The normalized spacial score (nSPS) is 17.1. The van der Waals surface area contributed by atoms with E-state index in [-0.39, 0.29) is 18.2 Å². The number of para-hydroxylation sites is 3. The van der Waals surface area contributed by atoms with Crippen LogP contribution in [0.1, 0.15) is 24.0 Å². The maximum Gasteiger partial charge on any atom is 0.242 e. The van der Waals surface area contributed by atoms with Crippen molar-refractivity contribution < 1.29 is 19.1 Å². The average molecular weight is 456 g/mol. The van der Waals surface area contributed by atoms with Crippen LogP contribution in [0, 0.1) is 13.8 Å². The number of thioether (sulfide) groups is 1.